The van der Waals surface area contributed by atoms with Crippen LogP contribution in [0.25, 0.3) is 0 Å². The molecule has 0 aromatic carbocycles. The van der Waals surface area contributed by atoms with Gasteiger partial charge in [0.1, 0.15) is 0 Å². The highest BCUT2D eigenvalue weighted by molar-refractivity contribution is 5.91. The Hall–Kier alpha value is -1.92. The maximum atomic E-state index is 12.2. The molecule has 2 aliphatic rings. The molecule has 1 aliphatic heterocycles. The number of hydrogen-bond acceptors (Lipinski definition) is 4. The Labute approximate surface area is 130 Å². The number of carbonyl (C=O) groups excluding carboxylic acids is 2. The zero-order valence-corrected chi connectivity index (χ0v) is 13.2. The zero-order chi connectivity index (χ0) is 15.7. The number of aromatic nitrogens is 3. The second kappa shape index (κ2) is 6.06. The predicted octanol–water partition coefficient (Wildman–Crippen LogP) is 0.943. The van der Waals surface area contributed by atoms with Gasteiger partial charge in [-0.25, -0.2) is 4.68 Å². The molecular formula is C15H23N5O2. The molecule has 1 aliphatic carbocycles. The molecule has 0 spiro atoms. The van der Waals surface area contributed by atoms with Crippen LogP contribution in [0.1, 0.15) is 48.6 Å². The molecule has 1 aromatic heterocycles. The maximum absolute atomic E-state index is 12.2. The Balaban J connectivity index is 1.50. The lowest BCUT2D eigenvalue weighted by Gasteiger charge is -2.39. The summed E-state index contributed by atoms with van der Waals surface area (Å²) in [6.07, 6.45) is 7.29. The van der Waals surface area contributed by atoms with E-state index < -0.39 is 0 Å². The van der Waals surface area contributed by atoms with Gasteiger partial charge in [-0.2, -0.15) is 0 Å². The molecule has 0 atom stereocenters. The highest BCUT2D eigenvalue weighted by Gasteiger charge is 2.34. The van der Waals surface area contributed by atoms with Crippen molar-refractivity contribution in [3.63, 3.8) is 0 Å². The van der Waals surface area contributed by atoms with Gasteiger partial charge in [0, 0.05) is 33.6 Å². The summed E-state index contributed by atoms with van der Waals surface area (Å²) in [5, 5.41) is 7.93. The molecule has 2 fully saturated rings. The number of nitrogens with zero attached hydrogens (tertiary/aromatic N) is 5. The molecule has 1 saturated carbocycles. The van der Waals surface area contributed by atoms with E-state index in [1.807, 2.05) is 4.90 Å². The van der Waals surface area contributed by atoms with Crippen molar-refractivity contribution in [3.8, 4) is 0 Å². The van der Waals surface area contributed by atoms with Gasteiger partial charge in [-0.15, -0.1) is 5.10 Å². The monoisotopic (exact) mass is 305 g/mol. The van der Waals surface area contributed by atoms with Crippen LogP contribution in [0.3, 0.4) is 0 Å². The summed E-state index contributed by atoms with van der Waals surface area (Å²) >= 11 is 0. The lowest BCUT2D eigenvalue weighted by atomic mass is 10.0. The van der Waals surface area contributed by atoms with Crippen molar-refractivity contribution in [1.29, 1.82) is 0 Å². The summed E-state index contributed by atoms with van der Waals surface area (Å²) in [7, 11) is 3.38. The number of rotatable bonds is 4. The maximum Gasteiger partial charge on any atom is 0.275 e. The zero-order valence-electron chi connectivity index (χ0n) is 13.2. The Kier molecular flexibility index (Phi) is 4.13. The van der Waals surface area contributed by atoms with E-state index in [2.05, 4.69) is 10.3 Å². The average Bonchev–Trinajstić information content (AvgIpc) is 3.07. The number of likely N-dealkylation sites (tertiary alicyclic amines) is 1. The Morgan fingerprint density at radius 2 is 1.95 bits per heavy atom. The summed E-state index contributed by atoms with van der Waals surface area (Å²) in [5.41, 5.74) is 0.348. The van der Waals surface area contributed by atoms with Crippen LogP contribution in [0.5, 0.6) is 0 Å². The lowest BCUT2D eigenvalue weighted by molar-refractivity contribution is -0.138. The first-order chi connectivity index (χ1) is 10.5. The van der Waals surface area contributed by atoms with Gasteiger partial charge in [-0.1, -0.05) is 18.1 Å². The van der Waals surface area contributed by atoms with Crippen molar-refractivity contribution in [1.82, 2.24) is 24.8 Å². The lowest BCUT2D eigenvalue weighted by Crippen LogP contribution is -2.51. The van der Waals surface area contributed by atoms with E-state index in [0.717, 1.165) is 0 Å². The van der Waals surface area contributed by atoms with Gasteiger partial charge in [0.05, 0.1) is 12.2 Å². The third-order valence-electron chi connectivity index (χ3n) is 4.66. The van der Waals surface area contributed by atoms with Crippen LogP contribution in [0.2, 0.25) is 0 Å². The van der Waals surface area contributed by atoms with Crippen LogP contribution in [0.4, 0.5) is 0 Å². The summed E-state index contributed by atoms with van der Waals surface area (Å²) in [4.78, 5) is 27.3. The van der Waals surface area contributed by atoms with Gasteiger partial charge in [-0.3, -0.25) is 9.59 Å². The molecule has 1 aromatic rings. The topological polar surface area (TPSA) is 71.3 Å². The second-order valence-electron chi connectivity index (χ2n) is 6.59. The molecule has 3 rings (SSSR count). The van der Waals surface area contributed by atoms with Crippen molar-refractivity contribution in [2.45, 2.75) is 38.1 Å². The molecule has 120 valence electrons. The molecule has 0 N–H and O–H groups in total. The van der Waals surface area contributed by atoms with Crippen LogP contribution in [-0.2, 0) is 4.79 Å². The summed E-state index contributed by atoms with van der Waals surface area (Å²) < 4.78 is 1.70. The number of amides is 2. The molecule has 0 unspecified atom stereocenters. The van der Waals surface area contributed by atoms with E-state index in [1.165, 1.54) is 30.6 Å². The first kappa shape index (κ1) is 15.0. The van der Waals surface area contributed by atoms with E-state index in [-0.39, 0.29) is 17.9 Å². The van der Waals surface area contributed by atoms with E-state index in [4.69, 9.17) is 0 Å². The van der Waals surface area contributed by atoms with Crippen molar-refractivity contribution in [2.75, 3.05) is 27.2 Å². The fourth-order valence-corrected chi connectivity index (χ4v) is 3.20. The minimum atomic E-state index is -0.153. The minimum Gasteiger partial charge on any atom is -0.343 e. The van der Waals surface area contributed by atoms with Crippen LogP contribution in [0.15, 0.2) is 6.20 Å². The molecule has 0 radical (unpaired) electrons. The molecule has 2 heterocycles. The Morgan fingerprint density at radius 3 is 2.59 bits per heavy atom. The molecule has 1 saturated heterocycles. The fraction of sp³-hybridized carbons (Fsp3) is 0.733. The van der Waals surface area contributed by atoms with Crippen molar-refractivity contribution in [3.05, 3.63) is 11.9 Å². The van der Waals surface area contributed by atoms with Crippen LogP contribution in [0, 0.1) is 5.92 Å². The Bertz CT molecular complexity index is 556. The summed E-state index contributed by atoms with van der Waals surface area (Å²) in [6, 6.07) is 0.142. The molecule has 0 bridgehead atoms. The van der Waals surface area contributed by atoms with Gasteiger partial charge >= 0.3 is 0 Å². The highest BCUT2D eigenvalue weighted by atomic mass is 16.2. The number of carbonyl (C=O) groups is 2. The highest BCUT2D eigenvalue weighted by Crippen LogP contribution is 2.30. The molecule has 2 amide bonds. The largest absolute Gasteiger partial charge is 0.343 e. The standard InChI is InChI=1S/C15H23N5O2/c1-18(2)15(22)13-10-20(17-16-13)12-8-19(9-12)14(21)7-11-5-3-4-6-11/h10-12H,3-9H2,1-2H3. The minimum absolute atomic E-state index is 0.142. The smallest absolute Gasteiger partial charge is 0.275 e. The first-order valence-corrected chi connectivity index (χ1v) is 7.96. The molecule has 7 heteroatoms. The van der Waals surface area contributed by atoms with Gasteiger partial charge in [0.25, 0.3) is 5.91 Å². The van der Waals surface area contributed by atoms with Crippen molar-refractivity contribution < 1.29 is 9.59 Å². The van der Waals surface area contributed by atoms with Gasteiger partial charge in [0.15, 0.2) is 5.69 Å². The van der Waals surface area contributed by atoms with Crippen LogP contribution in [-0.4, -0.2) is 63.8 Å². The van der Waals surface area contributed by atoms with E-state index in [0.29, 0.717) is 31.1 Å². The molecule has 7 nitrogen and oxygen atoms in total. The van der Waals surface area contributed by atoms with Gasteiger partial charge in [0.2, 0.25) is 5.91 Å². The van der Waals surface area contributed by atoms with Crippen molar-refractivity contribution in [2.24, 2.45) is 5.92 Å². The van der Waals surface area contributed by atoms with Crippen LogP contribution < -0.4 is 0 Å². The first-order valence-electron chi connectivity index (χ1n) is 7.96. The van der Waals surface area contributed by atoms with E-state index in [9.17, 15) is 9.59 Å². The fourth-order valence-electron chi connectivity index (χ4n) is 3.20. The Morgan fingerprint density at radius 1 is 1.27 bits per heavy atom. The second-order valence-corrected chi connectivity index (χ2v) is 6.59. The number of hydrogen-bond donors (Lipinski definition) is 0. The third-order valence-corrected chi connectivity index (χ3v) is 4.66. The van der Waals surface area contributed by atoms with E-state index in [1.54, 1.807) is 25.0 Å². The summed E-state index contributed by atoms with van der Waals surface area (Å²) in [6.45, 7) is 1.34. The average molecular weight is 305 g/mol. The van der Waals surface area contributed by atoms with E-state index >= 15 is 0 Å². The van der Waals surface area contributed by atoms with Gasteiger partial charge < -0.3 is 9.80 Å². The van der Waals surface area contributed by atoms with Crippen LogP contribution >= 0.6 is 0 Å². The quantitative estimate of drug-likeness (QED) is 0.830. The normalized spacial score (nSPS) is 19.3. The van der Waals surface area contributed by atoms with Crippen molar-refractivity contribution >= 4 is 11.8 Å². The summed E-state index contributed by atoms with van der Waals surface area (Å²) in [5.74, 6) is 0.690. The molecule has 22 heavy (non-hydrogen) atoms. The predicted molar refractivity (Wildman–Crippen MR) is 80.2 cm³/mol. The SMILES string of the molecule is CN(C)C(=O)c1cn(C2CN(C(=O)CC3CCCC3)C2)nn1. The van der Waals surface area contributed by atoms with Gasteiger partial charge in [-0.05, 0) is 18.8 Å². The molecular weight excluding hydrogens is 282 g/mol. The third kappa shape index (κ3) is 2.98.